The number of nitrogens with zero attached hydrogens (tertiary/aromatic N) is 2. The Balaban J connectivity index is 1.86. The summed E-state index contributed by atoms with van der Waals surface area (Å²) < 4.78 is 5.52. The average molecular weight is 303 g/mol. The number of hydrogen-bond acceptors (Lipinski definition) is 4. The minimum absolute atomic E-state index is 0.843. The van der Waals surface area contributed by atoms with E-state index in [1.807, 2.05) is 0 Å². The second kappa shape index (κ2) is 7.23. The third kappa shape index (κ3) is 3.32. The van der Waals surface area contributed by atoms with E-state index in [1.165, 1.54) is 42.1 Å². The number of unbranched alkanes of at least 4 members (excludes halogenated alkanes) is 1. The smallest absolute Gasteiger partial charge is 0.107 e. The van der Waals surface area contributed by atoms with Gasteiger partial charge in [-0.3, -0.25) is 0 Å². The predicted molar refractivity (Wildman–Crippen MR) is 90.4 cm³/mol. The van der Waals surface area contributed by atoms with Gasteiger partial charge in [0.25, 0.3) is 0 Å². The Morgan fingerprint density at radius 3 is 2.77 bits per heavy atom. The predicted octanol–water partition coefficient (Wildman–Crippen LogP) is 2.47. The monoisotopic (exact) mass is 303 g/mol. The third-order valence-electron chi connectivity index (χ3n) is 4.70. The lowest BCUT2D eigenvalue weighted by molar-refractivity contribution is 0.0543. The zero-order chi connectivity index (χ0) is 15.4. The minimum Gasteiger partial charge on any atom is -0.378 e. The van der Waals surface area contributed by atoms with Gasteiger partial charge >= 0.3 is 0 Å². The lowest BCUT2D eigenvalue weighted by atomic mass is 9.96. The van der Waals surface area contributed by atoms with Crippen LogP contribution in [0.1, 0.15) is 33.1 Å². The van der Waals surface area contributed by atoms with E-state index in [-0.39, 0.29) is 0 Å². The highest BCUT2D eigenvalue weighted by Crippen LogP contribution is 2.31. The fraction of sp³-hybridized carbons (Fsp3) is 0.667. The summed E-state index contributed by atoms with van der Waals surface area (Å²) in [4.78, 5) is 5.04. The molecular formula is C18H29N3O. The van der Waals surface area contributed by atoms with Crippen molar-refractivity contribution < 1.29 is 4.74 Å². The molecule has 0 bridgehead atoms. The van der Waals surface area contributed by atoms with Gasteiger partial charge in [0.05, 0.1) is 13.2 Å². The third-order valence-corrected chi connectivity index (χ3v) is 4.70. The highest BCUT2D eigenvalue weighted by molar-refractivity contribution is 5.44. The molecule has 4 nitrogen and oxygen atoms in total. The Labute approximate surface area is 134 Å². The maximum Gasteiger partial charge on any atom is 0.107 e. The first kappa shape index (κ1) is 15.5. The summed E-state index contributed by atoms with van der Waals surface area (Å²) in [6.07, 6.45) is 8.17. The normalized spacial score (nSPS) is 25.9. The second-order valence-electron chi connectivity index (χ2n) is 6.44. The molecule has 2 fully saturated rings. The van der Waals surface area contributed by atoms with E-state index >= 15 is 0 Å². The van der Waals surface area contributed by atoms with Gasteiger partial charge in [0.1, 0.15) is 5.82 Å². The largest absolute Gasteiger partial charge is 0.378 e. The van der Waals surface area contributed by atoms with Crippen molar-refractivity contribution in [2.75, 3.05) is 45.9 Å². The molecule has 0 radical (unpaired) electrons. The van der Waals surface area contributed by atoms with Crippen molar-refractivity contribution in [1.82, 2.24) is 15.1 Å². The van der Waals surface area contributed by atoms with E-state index in [1.54, 1.807) is 0 Å². The number of allylic oxidation sites excluding steroid dienone is 4. The fourth-order valence-corrected chi connectivity index (χ4v) is 3.46. The van der Waals surface area contributed by atoms with Crippen LogP contribution in [0.4, 0.5) is 0 Å². The van der Waals surface area contributed by atoms with Crippen LogP contribution < -0.4 is 5.32 Å². The Hall–Kier alpha value is -1.42. The van der Waals surface area contributed by atoms with Gasteiger partial charge in [0.15, 0.2) is 0 Å². The molecule has 0 aromatic rings. The second-order valence-corrected chi connectivity index (χ2v) is 6.44. The van der Waals surface area contributed by atoms with Gasteiger partial charge in [0.2, 0.25) is 0 Å². The first-order chi connectivity index (χ1) is 10.8. The molecule has 0 saturated carbocycles. The van der Waals surface area contributed by atoms with Gasteiger partial charge in [-0.1, -0.05) is 25.0 Å². The number of morpholine rings is 1. The van der Waals surface area contributed by atoms with Crippen LogP contribution in [-0.4, -0.2) is 55.7 Å². The highest BCUT2D eigenvalue weighted by atomic mass is 16.5. The van der Waals surface area contributed by atoms with Crippen LogP contribution in [0.15, 0.2) is 34.8 Å². The number of nitrogens with one attached hydrogen (secondary N) is 1. The molecule has 0 aromatic carbocycles. The van der Waals surface area contributed by atoms with Crippen LogP contribution in [0.25, 0.3) is 0 Å². The zero-order valence-electron chi connectivity index (χ0n) is 14.0. The summed E-state index contributed by atoms with van der Waals surface area (Å²) in [7, 11) is 0. The molecule has 3 rings (SSSR count). The molecule has 1 N–H and O–H groups in total. The van der Waals surface area contributed by atoms with Gasteiger partial charge < -0.3 is 19.9 Å². The summed E-state index contributed by atoms with van der Waals surface area (Å²) in [6.45, 7) is 11.6. The van der Waals surface area contributed by atoms with Crippen LogP contribution in [0.3, 0.4) is 0 Å². The van der Waals surface area contributed by atoms with E-state index < -0.39 is 0 Å². The summed E-state index contributed by atoms with van der Waals surface area (Å²) in [6, 6.07) is 0. The van der Waals surface area contributed by atoms with Crippen LogP contribution >= 0.6 is 0 Å². The van der Waals surface area contributed by atoms with Crippen LogP contribution in [0.2, 0.25) is 0 Å². The molecule has 1 aliphatic carbocycles. The molecule has 4 heteroatoms. The first-order valence-corrected chi connectivity index (χ1v) is 8.72. The lowest BCUT2D eigenvalue weighted by Crippen LogP contribution is -2.37. The maximum absolute atomic E-state index is 5.52. The van der Waals surface area contributed by atoms with Gasteiger partial charge in [-0.25, -0.2) is 0 Å². The topological polar surface area (TPSA) is 27.7 Å². The Morgan fingerprint density at radius 2 is 2.00 bits per heavy atom. The zero-order valence-corrected chi connectivity index (χ0v) is 14.0. The molecule has 0 aromatic heterocycles. The molecular weight excluding hydrogens is 274 g/mol. The Bertz CT molecular complexity index is 487. The molecule has 2 aliphatic heterocycles. The van der Waals surface area contributed by atoms with Crippen molar-refractivity contribution in [1.29, 1.82) is 0 Å². The molecule has 2 saturated heterocycles. The van der Waals surface area contributed by atoms with Crippen molar-refractivity contribution >= 4 is 0 Å². The quantitative estimate of drug-likeness (QED) is 0.863. The molecule has 0 unspecified atom stereocenters. The molecule has 2 heterocycles. The van der Waals surface area contributed by atoms with Crippen LogP contribution in [0.5, 0.6) is 0 Å². The fourth-order valence-electron chi connectivity index (χ4n) is 3.46. The van der Waals surface area contributed by atoms with Crippen molar-refractivity contribution in [2.45, 2.75) is 33.1 Å². The molecule has 0 spiro atoms. The molecule has 22 heavy (non-hydrogen) atoms. The summed E-state index contributed by atoms with van der Waals surface area (Å²) >= 11 is 0. The van der Waals surface area contributed by atoms with E-state index in [2.05, 4.69) is 41.1 Å². The molecule has 3 aliphatic rings. The van der Waals surface area contributed by atoms with Crippen molar-refractivity contribution in [2.24, 2.45) is 0 Å². The van der Waals surface area contributed by atoms with E-state index in [0.29, 0.717) is 0 Å². The van der Waals surface area contributed by atoms with Crippen molar-refractivity contribution in [3.8, 4) is 0 Å². The molecule has 122 valence electrons. The summed E-state index contributed by atoms with van der Waals surface area (Å²) in [5, 5.41) is 3.65. The SMILES string of the molecule is CCCCN1CCNC1=C1CC(C)=CC=C1N1CCOCC1. The number of rotatable bonds is 4. The van der Waals surface area contributed by atoms with Crippen LogP contribution in [-0.2, 0) is 4.74 Å². The minimum atomic E-state index is 0.843. The van der Waals surface area contributed by atoms with E-state index in [9.17, 15) is 0 Å². The van der Waals surface area contributed by atoms with Crippen molar-refractivity contribution in [3.05, 3.63) is 34.8 Å². The van der Waals surface area contributed by atoms with Gasteiger partial charge in [-0.15, -0.1) is 0 Å². The van der Waals surface area contributed by atoms with Gasteiger partial charge in [0, 0.05) is 44.0 Å². The standard InChI is InChI=1S/C18H29N3O/c1-3-4-8-21-9-7-19-18(21)16-14-15(2)5-6-17(16)20-10-12-22-13-11-20/h5-6,19H,3-4,7-14H2,1-2H3. The lowest BCUT2D eigenvalue weighted by Gasteiger charge is -2.35. The first-order valence-electron chi connectivity index (χ1n) is 8.72. The van der Waals surface area contributed by atoms with Crippen molar-refractivity contribution in [3.63, 3.8) is 0 Å². The highest BCUT2D eigenvalue weighted by Gasteiger charge is 2.26. The molecule has 0 atom stereocenters. The Kier molecular flexibility index (Phi) is 5.08. The number of hydrogen-bond donors (Lipinski definition) is 1. The van der Waals surface area contributed by atoms with Gasteiger partial charge in [-0.2, -0.15) is 0 Å². The number of ether oxygens (including phenoxy) is 1. The molecule has 0 amide bonds. The Morgan fingerprint density at radius 1 is 1.18 bits per heavy atom. The maximum atomic E-state index is 5.52. The van der Waals surface area contributed by atoms with Gasteiger partial charge in [-0.05, 0) is 25.8 Å². The van der Waals surface area contributed by atoms with Crippen LogP contribution in [0, 0.1) is 0 Å². The van der Waals surface area contributed by atoms with E-state index in [4.69, 9.17) is 4.74 Å². The summed E-state index contributed by atoms with van der Waals surface area (Å²) in [5.41, 5.74) is 4.33. The van der Waals surface area contributed by atoms with E-state index in [0.717, 1.165) is 45.8 Å². The summed E-state index contributed by atoms with van der Waals surface area (Å²) in [5.74, 6) is 1.37. The average Bonchev–Trinajstić information content (AvgIpc) is 3.02.